The maximum absolute atomic E-state index is 11.8. The van der Waals surface area contributed by atoms with Crippen LogP contribution in [0.1, 0.15) is 352 Å². The standard InChI is InChI=1S/C25H26O5.C23H34O2.C22H28O2.2C21H30O2/c1-13(2)20-6-5-14(3)7-21(20)24-22(27)11-18(12-23(24)28)17-8-16(15(4)26)9-19(10-17)25(29)30;1-7-8-16(5)17(6)18-12-21(24)23(22(25)13-18)20-11-15(4)9-10-19(20)14(2)3;1-5-6-7-8-9-17-13-20(23)22(21(24)14-17)19-12-16(4)10-11-18(19)15(2)3;2*1-5-6-7-8-16-12-19(22)21(20(23)13-16)18-11-15(4)9-10-17(18)14(2)3/h7-12,20-21,27-28H,1,5-6H2,2-4H3,(H,29,30);11-13,16-17,19-20,24-25H,2,7-10H2,1,3-6H3;1,12-14,18-19,23-24H,2,6-11H2,3-4H3;2*11-13,17-18,22-23H,2,5-10H2,1,3-4H3/t20-,21+;16?,17?,19-,20+;18-,19+;2*17-,18+/m00000/s1. The zero-order valence-corrected chi connectivity index (χ0v) is 78.1. The van der Waals surface area contributed by atoms with Gasteiger partial charge in [0.25, 0.3) is 0 Å². The Kier molecular flexibility index (Phi) is 38.7. The van der Waals surface area contributed by atoms with Crippen molar-refractivity contribution in [3.8, 4) is 81.0 Å². The highest BCUT2D eigenvalue weighted by Gasteiger charge is 2.36. The number of carbonyl (C=O) groups is 2. The average Bonchev–Trinajstić information content (AvgIpc) is 0.802. The van der Waals surface area contributed by atoms with Gasteiger partial charge in [-0.1, -0.05) is 192 Å². The maximum atomic E-state index is 11.8. The van der Waals surface area contributed by atoms with E-state index < -0.39 is 5.97 Å². The number of hydrogen-bond acceptors (Lipinski definition) is 12. The molecule has 6 aromatic carbocycles. The van der Waals surface area contributed by atoms with E-state index in [9.17, 15) is 65.8 Å². The summed E-state index contributed by atoms with van der Waals surface area (Å²) >= 11 is 0. The lowest BCUT2D eigenvalue weighted by Crippen LogP contribution is -2.17. The normalized spacial score (nSPS) is 20.7. The van der Waals surface area contributed by atoms with Gasteiger partial charge in [-0.3, -0.25) is 4.79 Å². The molecule has 11 rings (SSSR count). The van der Waals surface area contributed by atoms with E-state index in [1.54, 1.807) is 18.2 Å². The van der Waals surface area contributed by atoms with E-state index in [1.807, 2.05) is 77.9 Å². The van der Waals surface area contributed by atoms with Crippen LogP contribution >= 0.6 is 0 Å². The number of Topliss-reactive ketones (excluding diaryl/α,β-unsaturated/α-hetero) is 1. The number of phenolic OH excluding ortho intramolecular Hbond substituents is 10. The van der Waals surface area contributed by atoms with E-state index in [-0.39, 0.29) is 134 Å². The minimum absolute atomic E-state index is 0.00340. The molecule has 0 bridgehead atoms. The fourth-order valence-corrected chi connectivity index (χ4v) is 19.3. The van der Waals surface area contributed by atoms with Crippen LogP contribution in [0.4, 0.5) is 0 Å². The van der Waals surface area contributed by atoms with Crippen LogP contribution in [-0.2, 0) is 19.3 Å². The summed E-state index contributed by atoms with van der Waals surface area (Å²) < 4.78 is 0. The van der Waals surface area contributed by atoms with Crippen LogP contribution in [0.15, 0.2) is 198 Å². The first-order valence-electron chi connectivity index (χ1n) is 45.9. The molecule has 5 aliphatic carbocycles. The van der Waals surface area contributed by atoms with Gasteiger partial charge in [0.15, 0.2) is 5.78 Å². The number of carbonyl (C=O) groups excluding carboxylic acids is 1. The van der Waals surface area contributed by atoms with E-state index in [0.29, 0.717) is 50.8 Å². The number of hydrogen-bond donors (Lipinski definition) is 11. The van der Waals surface area contributed by atoms with Crippen molar-refractivity contribution in [3.63, 3.8) is 0 Å². The van der Waals surface area contributed by atoms with Crippen LogP contribution in [0, 0.1) is 47.9 Å². The van der Waals surface area contributed by atoms with Gasteiger partial charge in [-0.15, -0.1) is 12.3 Å². The van der Waals surface area contributed by atoms with Crippen LogP contribution in [-0.4, -0.2) is 67.9 Å². The van der Waals surface area contributed by atoms with E-state index in [0.717, 1.165) is 179 Å². The zero-order chi connectivity index (χ0) is 92.5. The Morgan fingerprint density at radius 2 is 0.624 bits per heavy atom. The molecule has 125 heavy (non-hydrogen) atoms. The molecule has 674 valence electrons. The van der Waals surface area contributed by atoms with Gasteiger partial charge in [0.2, 0.25) is 0 Å². The first-order valence-corrected chi connectivity index (χ1v) is 45.9. The SMILES string of the molecule is C#CCCCCc1cc(O)c([C@@H]2C=C(C)CC[C@H]2C(=C)C)c(O)c1.C=C(C)[C@@H]1CCC(C)=C[C@H]1c1c(O)cc(-c2cc(C(C)=O)cc(C(=O)O)c2)cc1O.C=C(C)[C@@H]1CCC(C)=C[C@H]1c1c(O)cc(C(C)C(C)CCC)cc1O.C=C(C)[C@@H]1CCC(C)=C[C@H]1c1c(O)cc(CCCCC)cc1O.C=C(C)[C@@H]1CCC(C)=C[C@H]1c1c(O)cc(CCCCC)cc1O. The molecule has 0 radical (unpaired) electrons. The Hall–Kier alpha value is -10.6. The fourth-order valence-electron chi connectivity index (χ4n) is 19.3. The largest absolute Gasteiger partial charge is 0.507 e. The number of terminal acetylenes is 1. The van der Waals surface area contributed by atoms with E-state index in [1.165, 1.54) is 84.7 Å². The monoisotopic (exact) mass is 1700 g/mol. The number of aryl methyl sites for hydroxylation is 3. The van der Waals surface area contributed by atoms with E-state index in [2.05, 4.69) is 132 Å². The molecule has 0 heterocycles. The van der Waals surface area contributed by atoms with Crippen molar-refractivity contribution in [1.29, 1.82) is 0 Å². The molecular weight excluding hydrogens is 1550 g/mol. The van der Waals surface area contributed by atoms with Crippen molar-refractivity contribution in [2.45, 2.75) is 300 Å². The number of carboxylic acids is 1. The molecule has 5 aliphatic rings. The number of aromatic carboxylic acids is 1. The summed E-state index contributed by atoms with van der Waals surface area (Å²) in [6.07, 6.45) is 40.7. The van der Waals surface area contributed by atoms with Crippen molar-refractivity contribution in [2.24, 2.45) is 35.5 Å². The summed E-state index contributed by atoms with van der Waals surface area (Å²) in [5, 5.41) is 116. The number of aromatic hydroxyl groups is 10. The first kappa shape index (κ1) is 102. The third-order valence-corrected chi connectivity index (χ3v) is 26.7. The van der Waals surface area contributed by atoms with Crippen molar-refractivity contribution >= 4 is 11.8 Å². The topological polar surface area (TPSA) is 257 Å². The number of ketones is 1. The van der Waals surface area contributed by atoms with Gasteiger partial charge in [0, 0.05) is 69.4 Å². The Bertz CT molecular complexity index is 4780. The molecule has 2 unspecified atom stereocenters. The molecule has 0 aromatic heterocycles. The van der Waals surface area contributed by atoms with Gasteiger partial charge in [0.05, 0.1) is 5.56 Å². The van der Waals surface area contributed by atoms with Crippen LogP contribution < -0.4 is 0 Å². The Morgan fingerprint density at radius 3 is 0.872 bits per heavy atom. The van der Waals surface area contributed by atoms with Crippen molar-refractivity contribution in [1.82, 2.24) is 0 Å². The molecule has 11 N–H and O–H groups in total. The molecule has 6 aromatic rings. The molecule has 0 fully saturated rings. The number of phenols is 10. The second-order valence-electron chi connectivity index (χ2n) is 37.2. The lowest BCUT2D eigenvalue weighted by molar-refractivity contribution is 0.0696. The first-order chi connectivity index (χ1) is 59.1. The summed E-state index contributed by atoms with van der Waals surface area (Å²) in [5.41, 5.74) is 20.0. The van der Waals surface area contributed by atoms with Crippen molar-refractivity contribution in [2.75, 3.05) is 0 Å². The quantitative estimate of drug-likeness (QED) is 0.00905. The number of carboxylic acid groups (broad SMARTS) is 1. The predicted molar refractivity (Wildman–Crippen MR) is 517 cm³/mol. The number of unbranched alkanes of at least 4 members (excludes halogenated alkanes) is 6. The third kappa shape index (κ3) is 27.7. The summed E-state index contributed by atoms with van der Waals surface area (Å²) in [6, 6.07) is 21.9. The van der Waals surface area contributed by atoms with Gasteiger partial charge in [-0.05, 0) is 339 Å². The van der Waals surface area contributed by atoms with Gasteiger partial charge in [0.1, 0.15) is 57.5 Å². The summed E-state index contributed by atoms with van der Waals surface area (Å²) in [6.45, 7) is 53.5. The molecule has 12 atom stereocenters. The lowest BCUT2D eigenvalue weighted by Gasteiger charge is -2.32. The summed E-state index contributed by atoms with van der Waals surface area (Å²) in [7, 11) is 0. The van der Waals surface area contributed by atoms with Gasteiger partial charge < -0.3 is 56.2 Å². The van der Waals surface area contributed by atoms with Gasteiger partial charge in [-0.25, -0.2) is 4.79 Å². The molecular formula is C112H148O13. The minimum atomic E-state index is -1.16. The van der Waals surface area contributed by atoms with Crippen LogP contribution in [0.5, 0.6) is 57.5 Å². The lowest BCUT2D eigenvalue weighted by atomic mass is 9.73. The highest BCUT2D eigenvalue weighted by molar-refractivity contribution is 5.99. The van der Waals surface area contributed by atoms with E-state index >= 15 is 0 Å². The molecule has 13 heteroatoms. The number of allylic oxidation sites excluding steroid dienone is 15. The Morgan fingerprint density at radius 1 is 0.368 bits per heavy atom. The molecule has 13 nitrogen and oxygen atoms in total. The van der Waals surface area contributed by atoms with Crippen LogP contribution in [0.3, 0.4) is 0 Å². The van der Waals surface area contributed by atoms with Gasteiger partial charge >= 0.3 is 5.97 Å². The maximum Gasteiger partial charge on any atom is 0.335 e. The number of benzene rings is 6. The Balaban J connectivity index is 0.000000215. The van der Waals surface area contributed by atoms with Gasteiger partial charge in [-0.2, -0.15) is 0 Å². The minimum Gasteiger partial charge on any atom is -0.507 e. The zero-order valence-electron chi connectivity index (χ0n) is 78.1. The highest BCUT2D eigenvalue weighted by atomic mass is 16.4. The smallest absolute Gasteiger partial charge is 0.335 e. The van der Waals surface area contributed by atoms with E-state index in [4.69, 9.17) is 6.42 Å². The summed E-state index contributed by atoms with van der Waals surface area (Å²) in [4.78, 5) is 23.3. The third-order valence-electron chi connectivity index (χ3n) is 26.7. The number of rotatable bonds is 29. The molecule has 0 saturated carbocycles. The Labute approximate surface area is 749 Å². The fraction of sp³-hybridized carbons (Fsp3) is 0.464. The average molecular weight is 1700 g/mol. The van der Waals surface area contributed by atoms with Crippen molar-refractivity contribution in [3.05, 3.63) is 259 Å². The van der Waals surface area contributed by atoms with Crippen molar-refractivity contribution < 1.29 is 65.8 Å². The second-order valence-corrected chi connectivity index (χ2v) is 37.2. The molecule has 0 aliphatic heterocycles. The van der Waals surface area contributed by atoms with Crippen LogP contribution in [0.2, 0.25) is 0 Å². The highest BCUT2D eigenvalue weighted by Crippen LogP contribution is 2.53. The molecule has 0 spiro atoms. The summed E-state index contributed by atoms with van der Waals surface area (Å²) in [5.74, 6) is 4.62. The molecule has 0 amide bonds. The van der Waals surface area contributed by atoms with Crippen LogP contribution in [0.25, 0.3) is 11.1 Å². The molecule has 0 saturated heterocycles. The predicted octanol–water partition coefficient (Wildman–Crippen LogP) is 29.5. The second kappa shape index (κ2) is 47.7.